The first-order valence-corrected chi connectivity index (χ1v) is 3.77. The Morgan fingerprint density at radius 1 is 1.36 bits per heavy atom. The average molecular weight is 160 g/mol. The zero-order chi connectivity index (χ0) is 8.69. The van der Waals surface area contributed by atoms with Crippen molar-refractivity contribution in [3.8, 4) is 0 Å². The molecule has 0 unspecified atom stereocenters. The molecule has 0 saturated heterocycles. The predicted octanol–water partition coefficient (Wildman–Crippen LogP) is 0.934. The van der Waals surface area contributed by atoms with Gasteiger partial charge >= 0.3 is 0 Å². The van der Waals surface area contributed by atoms with Gasteiger partial charge in [0.05, 0.1) is 6.61 Å². The SMILES string of the molecule is C=C(CO)C(OCC)OCC. The normalized spacial score (nSPS) is 10.5. The van der Waals surface area contributed by atoms with E-state index in [0.717, 1.165) is 0 Å². The number of aliphatic hydroxyl groups excluding tert-OH is 1. The van der Waals surface area contributed by atoms with Crippen molar-refractivity contribution >= 4 is 0 Å². The molecular formula is C8H16O3. The monoisotopic (exact) mass is 160 g/mol. The Bertz CT molecular complexity index is 106. The summed E-state index contributed by atoms with van der Waals surface area (Å²) >= 11 is 0. The van der Waals surface area contributed by atoms with Crippen LogP contribution in [-0.4, -0.2) is 31.2 Å². The van der Waals surface area contributed by atoms with E-state index in [4.69, 9.17) is 14.6 Å². The summed E-state index contributed by atoms with van der Waals surface area (Å²) in [5.74, 6) is 0. The van der Waals surface area contributed by atoms with Crippen LogP contribution in [0.1, 0.15) is 13.8 Å². The zero-order valence-corrected chi connectivity index (χ0v) is 7.17. The molecule has 0 aromatic heterocycles. The molecule has 0 rings (SSSR count). The van der Waals surface area contributed by atoms with Gasteiger partial charge in [-0.3, -0.25) is 0 Å². The Hall–Kier alpha value is -0.380. The molecule has 0 aliphatic rings. The summed E-state index contributed by atoms with van der Waals surface area (Å²) in [5.41, 5.74) is 0.564. The van der Waals surface area contributed by atoms with Crippen molar-refractivity contribution in [3.63, 3.8) is 0 Å². The molecular weight excluding hydrogens is 144 g/mol. The Kier molecular flexibility index (Phi) is 6.12. The van der Waals surface area contributed by atoms with Crippen LogP contribution in [0.3, 0.4) is 0 Å². The number of hydrogen-bond acceptors (Lipinski definition) is 3. The van der Waals surface area contributed by atoms with E-state index < -0.39 is 6.29 Å². The van der Waals surface area contributed by atoms with Gasteiger partial charge in [-0.2, -0.15) is 0 Å². The number of aliphatic hydroxyl groups is 1. The van der Waals surface area contributed by atoms with Crippen molar-refractivity contribution in [3.05, 3.63) is 12.2 Å². The van der Waals surface area contributed by atoms with E-state index in [2.05, 4.69) is 6.58 Å². The van der Waals surface area contributed by atoms with Crippen LogP contribution in [0, 0.1) is 0 Å². The van der Waals surface area contributed by atoms with Crippen LogP contribution in [-0.2, 0) is 9.47 Å². The van der Waals surface area contributed by atoms with Crippen LogP contribution >= 0.6 is 0 Å². The maximum absolute atomic E-state index is 8.70. The third-order valence-electron chi connectivity index (χ3n) is 1.17. The first-order chi connectivity index (χ1) is 5.26. The fourth-order valence-electron chi connectivity index (χ4n) is 0.661. The summed E-state index contributed by atoms with van der Waals surface area (Å²) in [6.45, 7) is 8.38. The van der Waals surface area contributed by atoms with Gasteiger partial charge in [-0.1, -0.05) is 6.58 Å². The Labute approximate surface area is 67.6 Å². The number of hydrogen-bond donors (Lipinski definition) is 1. The van der Waals surface area contributed by atoms with Gasteiger partial charge in [0.25, 0.3) is 0 Å². The molecule has 0 fully saturated rings. The maximum atomic E-state index is 8.70. The van der Waals surface area contributed by atoms with Gasteiger partial charge in [0, 0.05) is 18.8 Å². The van der Waals surface area contributed by atoms with E-state index in [9.17, 15) is 0 Å². The minimum absolute atomic E-state index is 0.0926. The van der Waals surface area contributed by atoms with Crippen LogP contribution in [0.2, 0.25) is 0 Å². The summed E-state index contributed by atoms with van der Waals surface area (Å²) in [7, 11) is 0. The molecule has 0 aliphatic heterocycles. The molecule has 1 N–H and O–H groups in total. The summed E-state index contributed by atoms with van der Waals surface area (Å²) in [6, 6.07) is 0. The second-order valence-corrected chi connectivity index (χ2v) is 2.06. The standard InChI is InChI=1S/C8H16O3/c1-4-10-8(11-5-2)7(3)6-9/h8-9H,3-6H2,1-2H3. The summed E-state index contributed by atoms with van der Waals surface area (Å²) < 4.78 is 10.3. The van der Waals surface area contributed by atoms with E-state index in [0.29, 0.717) is 18.8 Å². The highest BCUT2D eigenvalue weighted by molar-refractivity contribution is 4.97. The van der Waals surface area contributed by atoms with Crippen molar-refractivity contribution in [2.45, 2.75) is 20.1 Å². The van der Waals surface area contributed by atoms with Crippen molar-refractivity contribution in [2.24, 2.45) is 0 Å². The highest BCUT2D eigenvalue weighted by Gasteiger charge is 2.10. The number of rotatable bonds is 6. The van der Waals surface area contributed by atoms with E-state index in [1.807, 2.05) is 13.8 Å². The van der Waals surface area contributed by atoms with Gasteiger partial charge in [0.1, 0.15) is 0 Å². The molecule has 3 heteroatoms. The second kappa shape index (κ2) is 6.34. The van der Waals surface area contributed by atoms with Gasteiger partial charge in [-0.25, -0.2) is 0 Å². The Morgan fingerprint density at radius 2 is 1.82 bits per heavy atom. The van der Waals surface area contributed by atoms with Gasteiger partial charge in [0.2, 0.25) is 0 Å². The highest BCUT2D eigenvalue weighted by Crippen LogP contribution is 2.05. The molecule has 11 heavy (non-hydrogen) atoms. The lowest BCUT2D eigenvalue weighted by molar-refractivity contribution is -0.114. The lowest BCUT2D eigenvalue weighted by Gasteiger charge is -2.17. The van der Waals surface area contributed by atoms with Crippen LogP contribution in [0.25, 0.3) is 0 Å². The molecule has 0 atom stereocenters. The van der Waals surface area contributed by atoms with Crippen LogP contribution < -0.4 is 0 Å². The van der Waals surface area contributed by atoms with Crippen molar-refractivity contribution in [1.29, 1.82) is 0 Å². The summed E-state index contributed by atoms with van der Waals surface area (Å²) in [4.78, 5) is 0. The van der Waals surface area contributed by atoms with Crippen LogP contribution in [0.4, 0.5) is 0 Å². The third-order valence-corrected chi connectivity index (χ3v) is 1.17. The van der Waals surface area contributed by atoms with Crippen molar-refractivity contribution in [1.82, 2.24) is 0 Å². The molecule has 0 spiro atoms. The fraction of sp³-hybridized carbons (Fsp3) is 0.750. The van der Waals surface area contributed by atoms with E-state index in [-0.39, 0.29) is 6.61 Å². The largest absolute Gasteiger partial charge is 0.392 e. The van der Waals surface area contributed by atoms with E-state index in [1.54, 1.807) is 0 Å². The summed E-state index contributed by atoms with van der Waals surface area (Å²) in [6.07, 6.45) is -0.449. The van der Waals surface area contributed by atoms with Gasteiger partial charge in [-0.05, 0) is 13.8 Å². The topological polar surface area (TPSA) is 38.7 Å². The molecule has 3 nitrogen and oxygen atoms in total. The minimum Gasteiger partial charge on any atom is -0.392 e. The molecule has 0 bridgehead atoms. The molecule has 0 heterocycles. The predicted molar refractivity (Wildman–Crippen MR) is 43.3 cm³/mol. The molecule has 0 saturated carbocycles. The minimum atomic E-state index is -0.449. The van der Waals surface area contributed by atoms with Crippen LogP contribution in [0.15, 0.2) is 12.2 Å². The number of ether oxygens (including phenoxy) is 2. The quantitative estimate of drug-likeness (QED) is 0.464. The smallest absolute Gasteiger partial charge is 0.181 e. The first kappa shape index (κ1) is 10.6. The third kappa shape index (κ3) is 4.14. The molecule has 0 aromatic carbocycles. The van der Waals surface area contributed by atoms with E-state index >= 15 is 0 Å². The molecule has 0 amide bonds. The lowest BCUT2D eigenvalue weighted by Crippen LogP contribution is -2.21. The second-order valence-electron chi connectivity index (χ2n) is 2.06. The molecule has 66 valence electrons. The molecule has 0 radical (unpaired) electrons. The van der Waals surface area contributed by atoms with Crippen molar-refractivity contribution < 1.29 is 14.6 Å². The molecule has 0 aromatic rings. The average Bonchev–Trinajstić information content (AvgIpc) is 2.03. The Balaban J connectivity index is 3.76. The summed E-state index contributed by atoms with van der Waals surface area (Å²) in [5, 5.41) is 8.70. The fourth-order valence-corrected chi connectivity index (χ4v) is 0.661. The maximum Gasteiger partial charge on any atom is 0.181 e. The van der Waals surface area contributed by atoms with Crippen LogP contribution in [0.5, 0.6) is 0 Å². The van der Waals surface area contributed by atoms with Gasteiger partial charge < -0.3 is 14.6 Å². The van der Waals surface area contributed by atoms with Crippen molar-refractivity contribution in [2.75, 3.05) is 19.8 Å². The van der Waals surface area contributed by atoms with E-state index in [1.165, 1.54) is 0 Å². The van der Waals surface area contributed by atoms with Gasteiger partial charge in [-0.15, -0.1) is 0 Å². The lowest BCUT2D eigenvalue weighted by atomic mass is 10.3. The Morgan fingerprint density at radius 3 is 2.09 bits per heavy atom. The zero-order valence-electron chi connectivity index (χ0n) is 7.17. The first-order valence-electron chi connectivity index (χ1n) is 3.77. The highest BCUT2D eigenvalue weighted by atomic mass is 16.7. The molecule has 0 aliphatic carbocycles. The van der Waals surface area contributed by atoms with Gasteiger partial charge in [0.15, 0.2) is 6.29 Å².